The first-order chi connectivity index (χ1) is 7.93. The summed E-state index contributed by atoms with van der Waals surface area (Å²) >= 11 is 1.37. The summed E-state index contributed by atoms with van der Waals surface area (Å²) in [5, 5.41) is 4.62. The van der Waals surface area contributed by atoms with Gasteiger partial charge in [-0.25, -0.2) is 0 Å². The molecular formula is C12H18N2O2S. The fraction of sp³-hybridized carbons (Fsp3) is 0.500. The molecule has 1 N–H and O–H groups in total. The van der Waals surface area contributed by atoms with Gasteiger partial charge in [-0.1, -0.05) is 19.9 Å². The number of nitrogens with zero attached hydrogens (tertiary/aromatic N) is 1. The van der Waals surface area contributed by atoms with Crippen molar-refractivity contribution in [2.75, 3.05) is 14.1 Å². The summed E-state index contributed by atoms with van der Waals surface area (Å²) in [6.07, 6.45) is 0. The lowest BCUT2D eigenvalue weighted by atomic mass is 10.0. The van der Waals surface area contributed by atoms with Crippen molar-refractivity contribution in [1.82, 2.24) is 10.2 Å². The Morgan fingerprint density at radius 1 is 1.35 bits per heavy atom. The van der Waals surface area contributed by atoms with E-state index in [9.17, 15) is 9.59 Å². The van der Waals surface area contributed by atoms with Gasteiger partial charge < -0.3 is 10.2 Å². The van der Waals surface area contributed by atoms with Gasteiger partial charge in [0.2, 0.25) is 5.91 Å². The average molecular weight is 254 g/mol. The van der Waals surface area contributed by atoms with E-state index in [0.29, 0.717) is 4.88 Å². The highest BCUT2D eigenvalue weighted by Crippen LogP contribution is 2.11. The molecule has 1 rings (SSSR count). The standard InChI is InChI=1S/C12H18N2O2S/c1-8(2)10(12(16)14(3)4)13-11(15)9-6-5-7-17-9/h5-8,10H,1-4H3,(H,13,15). The van der Waals surface area contributed by atoms with Crippen LogP contribution in [0.3, 0.4) is 0 Å². The molecule has 4 nitrogen and oxygen atoms in total. The zero-order chi connectivity index (χ0) is 13.0. The number of nitrogens with one attached hydrogen (secondary N) is 1. The van der Waals surface area contributed by atoms with Crippen LogP contribution in [-0.2, 0) is 4.79 Å². The molecule has 1 heterocycles. The Balaban J connectivity index is 2.74. The number of likely N-dealkylation sites (N-methyl/N-ethyl adjacent to an activating group) is 1. The Bertz CT molecular complexity index is 385. The van der Waals surface area contributed by atoms with Crippen LogP contribution in [0.5, 0.6) is 0 Å². The van der Waals surface area contributed by atoms with Gasteiger partial charge in [-0.15, -0.1) is 11.3 Å². The third-order valence-electron chi connectivity index (χ3n) is 2.41. The van der Waals surface area contributed by atoms with Crippen LogP contribution in [0.15, 0.2) is 17.5 Å². The van der Waals surface area contributed by atoms with Gasteiger partial charge in [0, 0.05) is 14.1 Å². The van der Waals surface area contributed by atoms with Crippen molar-refractivity contribution in [3.63, 3.8) is 0 Å². The van der Waals surface area contributed by atoms with Crippen molar-refractivity contribution in [3.05, 3.63) is 22.4 Å². The van der Waals surface area contributed by atoms with E-state index in [0.717, 1.165) is 0 Å². The number of carbonyl (C=O) groups is 2. The molecule has 0 aromatic carbocycles. The molecule has 17 heavy (non-hydrogen) atoms. The smallest absolute Gasteiger partial charge is 0.262 e. The second-order valence-corrected chi connectivity index (χ2v) is 5.35. The van der Waals surface area contributed by atoms with E-state index in [4.69, 9.17) is 0 Å². The lowest BCUT2D eigenvalue weighted by Gasteiger charge is -2.24. The number of carbonyl (C=O) groups excluding carboxylic acids is 2. The fourth-order valence-electron chi connectivity index (χ4n) is 1.41. The van der Waals surface area contributed by atoms with Gasteiger partial charge in [0.05, 0.1) is 4.88 Å². The van der Waals surface area contributed by atoms with Crippen molar-refractivity contribution in [2.24, 2.45) is 5.92 Å². The first-order valence-corrected chi connectivity index (χ1v) is 6.37. The van der Waals surface area contributed by atoms with Crippen LogP contribution in [-0.4, -0.2) is 36.9 Å². The Labute approximate surface area is 106 Å². The molecule has 2 amide bonds. The largest absolute Gasteiger partial charge is 0.347 e. The molecule has 0 aliphatic heterocycles. The molecule has 1 aromatic rings. The number of rotatable bonds is 4. The van der Waals surface area contributed by atoms with Crippen LogP contribution in [0.1, 0.15) is 23.5 Å². The second kappa shape index (κ2) is 5.82. The number of hydrogen-bond donors (Lipinski definition) is 1. The molecule has 0 bridgehead atoms. The Hall–Kier alpha value is -1.36. The number of hydrogen-bond acceptors (Lipinski definition) is 3. The highest BCUT2D eigenvalue weighted by atomic mass is 32.1. The SMILES string of the molecule is CC(C)C(NC(=O)c1cccs1)C(=O)N(C)C. The lowest BCUT2D eigenvalue weighted by molar-refractivity contribution is -0.131. The van der Waals surface area contributed by atoms with Crippen molar-refractivity contribution < 1.29 is 9.59 Å². The van der Waals surface area contributed by atoms with Gasteiger partial charge in [-0.3, -0.25) is 9.59 Å². The predicted molar refractivity (Wildman–Crippen MR) is 69.1 cm³/mol. The van der Waals surface area contributed by atoms with Crippen LogP contribution in [0, 0.1) is 5.92 Å². The summed E-state index contributed by atoms with van der Waals surface area (Å²) in [5.41, 5.74) is 0. The van der Waals surface area contributed by atoms with Crippen LogP contribution in [0.4, 0.5) is 0 Å². The van der Waals surface area contributed by atoms with Crippen LogP contribution in [0.25, 0.3) is 0 Å². The predicted octanol–water partition coefficient (Wildman–Crippen LogP) is 1.59. The normalized spacial score (nSPS) is 12.3. The van der Waals surface area contributed by atoms with Gasteiger partial charge in [0.25, 0.3) is 5.91 Å². The topological polar surface area (TPSA) is 49.4 Å². The molecule has 0 saturated carbocycles. The van der Waals surface area contributed by atoms with E-state index < -0.39 is 6.04 Å². The molecule has 1 unspecified atom stereocenters. The first-order valence-electron chi connectivity index (χ1n) is 5.49. The first kappa shape index (κ1) is 13.7. The molecule has 1 atom stereocenters. The molecule has 0 saturated heterocycles. The fourth-order valence-corrected chi connectivity index (χ4v) is 2.04. The molecule has 0 aliphatic rings. The van der Waals surface area contributed by atoms with E-state index >= 15 is 0 Å². The molecule has 0 fully saturated rings. The number of thiophene rings is 1. The minimum absolute atomic E-state index is 0.0637. The van der Waals surface area contributed by atoms with Gasteiger partial charge in [-0.2, -0.15) is 0 Å². The summed E-state index contributed by atoms with van der Waals surface area (Å²) in [7, 11) is 3.38. The minimum Gasteiger partial charge on any atom is -0.347 e. The molecule has 94 valence electrons. The summed E-state index contributed by atoms with van der Waals surface area (Å²) in [4.78, 5) is 25.9. The zero-order valence-corrected chi connectivity index (χ0v) is 11.4. The monoisotopic (exact) mass is 254 g/mol. The maximum atomic E-state index is 11.9. The summed E-state index contributed by atoms with van der Waals surface area (Å²) in [6.45, 7) is 3.83. The van der Waals surface area contributed by atoms with Gasteiger partial charge in [0.1, 0.15) is 6.04 Å². The molecule has 5 heteroatoms. The van der Waals surface area contributed by atoms with Crippen molar-refractivity contribution >= 4 is 23.2 Å². The second-order valence-electron chi connectivity index (χ2n) is 4.41. The third-order valence-corrected chi connectivity index (χ3v) is 3.27. The average Bonchev–Trinajstić information content (AvgIpc) is 2.77. The molecule has 0 radical (unpaired) electrons. The van der Waals surface area contributed by atoms with E-state index in [1.807, 2.05) is 25.3 Å². The van der Waals surface area contributed by atoms with Crippen LogP contribution in [0.2, 0.25) is 0 Å². The van der Waals surface area contributed by atoms with E-state index in [-0.39, 0.29) is 17.7 Å². The lowest BCUT2D eigenvalue weighted by Crippen LogP contribution is -2.49. The maximum Gasteiger partial charge on any atom is 0.262 e. The van der Waals surface area contributed by atoms with E-state index in [1.165, 1.54) is 16.2 Å². The summed E-state index contributed by atoms with van der Waals surface area (Å²) < 4.78 is 0. The van der Waals surface area contributed by atoms with Gasteiger partial charge in [0.15, 0.2) is 0 Å². The van der Waals surface area contributed by atoms with Crippen LogP contribution < -0.4 is 5.32 Å². The zero-order valence-electron chi connectivity index (χ0n) is 10.6. The van der Waals surface area contributed by atoms with Gasteiger partial charge >= 0.3 is 0 Å². The van der Waals surface area contributed by atoms with Crippen molar-refractivity contribution in [1.29, 1.82) is 0 Å². The van der Waals surface area contributed by atoms with Crippen molar-refractivity contribution in [3.8, 4) is 0 Å². The Morgan fingerprint density at radius 3 is 2.41 bits per heavy atom. The summed E-state index contributed by atoms with van der Waals surface area (Å²) in [6, 6.07) is 3.09. The molecule has 0 aliphatic carbocycles. The molecule has 0 spiro atoms. The van der Waals surface area contributed by atoms with E-state index in [1.54, 1.807) is 20.2 Å². The highest BCUT2D eigenvalue weighted by Gasteiger charge is 2.26. The Morgan fingerprint density at radius 2 is 2.00 bits per heavy atom. The minimum atomic E-state index is -0.473. The van der Waals surface area contributed by atoms with Crippen LogP contribution >= 0.6 is 11.3 Å². The highest BCUT2D eigenvalue weighted by molar-refractivity contribution is 7.12. The third kappa shape index (κ3) is 3.56. The molecule has 1 aromatic heterocycles. The maximum absolute atomic E-state index is 11.9. The van der Waals surface area contributed by atoms with E-state index in [2.05, 4.69) is 5.32 Å². The quantitative estimate of drug-likeness (QED) is 0.887. The summed E-state index contributed by atoms with van der Waals surface area (Å²) in [5.74, 6) is -0.201. The molecular weight excluding hydrogens is 236 g/mol. The van der Waals surface area contributed by atoms with Gasteiger partial charge in [-0.05, 0) is 17.4 Å². The Kier molecular flexibility index (Phi) is 4.69. The van der Waals surface area contributed by atoms with Crippen molar-refractivity contribution in [2.45, 2.75) is 19.9 Å². The number of amides is 2.